The van der Waals surface area contributed by atoms with Crippen LogP contribution in [-0.4, -0.2) is 5.78 Å². The number of benzene rings is 2. The summed E-state index contributed by atoms with van der Waals surface area (Å²) < 4.78 is 13.6. The number of anilines is 3. The van der Waals surface area contributed by atoms with E-state index in [0.717, 1.165) is 0 Å². The number of hydrogen-bond acceptors (Lipinski definition) is 3. The summed E-state index contributed by atoms with van der Waals surface area (Å²) in [4.78, 5) is 11.4. The van der Waals surface area contributed by atoms with Crippen molar-refractivity contribution >= 4 is 34.4 Å². The van der Waals surface area contributed by atoms with Gasteiger partial charge in [0.15, 0.2) is 5.78 Å². The Hall–Kier alpha value is -2.07. The van der Waals surface area contributed by atoms with Crippen LogP contribution in [0.5, 0.6) is 0 Å². The Kier molecular flexibility index (Phi) is 3.71. The van der Waals surface area contributed by atoms with Crippen LogP contribution in [0.2, 0.25) is 5.02 Å². The molecule has 0 amide bonds. The molecule has 98 valence electrons. The van der Waals surface area contributed by atoms with E-state index in [1.54, 1.807) is 18.2 Å². The van der Waals surface area contributed by atoms with Crippen LogP contribution in [0, 0.1) is 5.82 Å². The van der Waals surface area contributed by atoms with E-state index in [2.05, 4.69) is 5.32 Å². The van der Waals surface area contributed by atoms with Gasteiger partial charge in [-0.05, 0) is 43.3 Å². The van der Waals surface area contributed by atoms with E-state index in [0.29, 0.717) is 22.0 Å². The summed E-state index contributed by atoms with van der Waals surface area (Å²) in [5.74, 6) is -0.571. The molecule has 0 saturated heterocycles. The Morgan fingerprint density at radius 3 is 2.68 bits per heavy atom. The van der Waals surface area contributed by atoms with E-state index in [1.165, 1.54) is 25.1 Å². The fourth-order valence-electron chi connectivity index (χ4n) is 1.69. The molecule has 0 fully saturated rings. The highest BCUT2D eigenvalue weighted by molar-refractivity contribution is 6.30. The maximum Gasteiger partial charge on any atom is 0.161 e. The first kappa shape index (κ1) is 13.4. The molecule has 0 unspecified atom stereocenters. The van der Waals surface area contributed by atoms with Gasteiger partial charge in [0.25, 0.3) is 0 Å². The highest BCUT2D eigenvalue weighted by Crippen LogP contribution is 2.25. The first-order valence-corrected chi connectivity index (χ1v) is 5.97. The summed E-state index contributed by atoms with van der Waals surface area (Å²) in [5.41, 5.74) is 7.30. The molecule has 2 aromatic carbocycles. The molecule has 2 aromatic rings. The van der Waals surface area contributed by atoms with Crippen molar-refractivity contribution in [3.8, 4) is 0 Å². The zero-order valence-corrected chi connectivity index (χ0v) is 11.0. The SMILES string of the molecule is CC(=O)c1cc(Nc2cc(Cl)ccc2F)ccc1N. The molecule has 19 heavy (non-hydrogen) atoms. The van der Waals surface area contributed by atoms with Crippen LogP contribution in [0.1, 0.15) is 17.3 Å². The quantitative estimate of drug-likeness (QED) is 0.659. The third kappa shape index (κ3) is 3.03. The molecule has 0 heterocycles. The molecule has 3 nitrogen and oxygen atoms in total. The fraction of sp³-hybridized carbons (Fsp3) is 0.0714. The number of nitrogens with two attached hydrogens (primary N) is 1. The Balaban J connectivity index is 2.36. The Bertz CT molecular complexity index is 643. The van der Waals surface area contributed by atoms with E-state index in [-0.39, 0.29) is 11.5 Å². The number of carbonyl (C=O) groups is 1. The molecule has 0 spiro atoms. The topological polar surface area (TPSA) is 55.1 Å². The highest BCUT2D eigenvalue weighted by atomic mass is 35.5. The second-order valence-electron chi connectivity index (χ2n) is 4.11. The monoisotopic (exact) mass is 278 g/mol. The molecule has 3 N–H and O–H groups in total. The summed E-state index contributed by atoms with van der Waals surface area (Å²) in [7, 11) is 0. The van der Waals surface area contributed by atoms with Crippen molar-refractivity contribution < 1.29 is 9.18 Å². The molecule has 0 aromatic heterocycles. The number of rotatable bonds is 3. The van der Waals surface area contributed by atoms with Gasteiger partial charge < -0.3 is 11.1 Å². The van der Waals surface area contributed by atoms with Crippen LogP contribution in [0.4, 0.5) is 21.5 Å². The average Bonchev–Trinajstić information content (AvgIpc) is 2.36. The minimum atomic E-state index is -0.425. The standard InChI is InChI=1S/C14H12ClFN2O/c1-8(19)11-7-10(3-5-13(11)17)18-14-6-9(15)2-4-12(14)16/h2-7,18H,17H2,1H3. The number of Topliss-reactive ketones (excluding diaryl/α,β-unsaturated/α-hetero) is 1. The third-order valence-electron chi connectivity index (χ3n) is 2.64. The maximum absolute atomic E-state index is 13.6. The van der Waals surface area contributed by atoms with Gasteiger partial charge in [-0.3, -0.25) is 4.79 Å². The lowest BCUT2D eigenvalue weighted by atomic mass is 10.1. The fourth-order valence-corrected chi connectivity index (χ4v) is 1.86. The average molecular weight is 279 g/mol. The van der Waals surface area contributed by atoms with Crippen LogP contribution < -0.4 is 11.1 Å². The van der Waals surface area contributed by atoms with Crippen molar-refractivity contribution in [1.82, 2.24) is 0 Å². The Morgan fingerprint density at radius 1 is 1.26 bits per heavy atom. The van der Waals surface area contributed by atoms with Crippen LogP contribution in [0.15, 0.2) is 36.4 Å². The largest absolute Gasteiger partial charge is 0.398 e. The summed E-state index contributed by atoms with van der Waals surface area (Å²) in [6.07, 6.45) is 0. The summed E-state index contributed by atoms with van der Waals surface area (Å²) in [6.45, 7) is 1.43. The Labute approximate surface area is 115 Å². The molecule has 0 saturated carbocycles. The van der Waals surface area contributed by atoms with Gasteiger partial charge in [0.1, 0.15) is 5.82 Å². The van der Waals surface area contributed by atoms with Crippen molar-refractivity contribution in [3.63, 3.8) is 0 Å². The van der Waals surface area contributed by atoms with Crippen LogP contribution in [0.25, 0.3) is 0 Å². The van der Waals surface area contributed by atoms with Gasteiger partial charge in [0.2, 0.25) is 0 Å². The summed E-state index contributed by atoms with van der Waals surface area (Å²) in [5, 5.41) is 3.29. The van der Waals surface area contributed by atoms with Crippen molar-refractivity contribution in [2.75, 3.05) is 11.1 Å². The van der Waals surface area contributed by atoms with Crippen molar-refractivity contribution in [2.45, 2.75) is 6.92 Å². The second-order valence-corrected chi connectivity index (χ2v) is 4.54. The lowest BCUT2D eigenvalue weighted by Gasteiger charge is -2.10. The number of nitrogen functional groups attached to an aromatic ring is 1. The number of carbonyl (C=O) groups excluding carboxylic acids is 1. The predicted molar refractivity (Wildman–Crippen MR) is 75.6 cm³/mol. The third-order valence-corrected chi connectivity index (χ3v) is 2.88. The van der Waals surface area contributed by atoms with Gasteiger partial charge in [0, 0.05) is 22.0 Å². The lowest BCUT2D eigenvalue weighted by molar-refractivity contribution is 0.101. The van der Waals surface area contributed by atoms with Gasteiger partial charge in [-0.15, -0.1) is 0 Å². The summed E-state index contributed by atoms with van der Waals surface area (Å²) in [6, 6.07) is 9.06. The lowest BCUT2D eigenvalue weighted by Crippen LogP contribution is -2.01. The molecule has 0 atom stereocenters. The van der Waals surface area contributed by atoms with Crippen molar-refractivity contribution in [1.29, 1.82) is 0 Å². The predicted octanol–water partition coefficient (Wildman–Crippen LogP) is 4.01. The van der Waals surface area contributed by atoms with Crippen molar-refractivity contribution in [2.24, 2.45) is 0 Å². The molecular weight excluding hydrogens is 267 g/mol. The second kappa shape index (κ2) is 5.28. The number of ketones is 1. The minimum absolute atomic E-state index is 0.146. The zero-order chi connectivity index (χ0) is 14.0. The molecule has 0 aliphatic carbocycles. The molecule has 0 radical (unpaired) electrons. The van der Waals surface area contributed by atoms with Gasteiger partial charge >= 0.3 is 0 Å². The minimum Gasteiger partial charge on any atom is -0.398 e. The number of halogens is 2. The van der Waals surface area contributed by atoms with Crippen LogP contribution >= 0.6 is 11.6 Å². The van der Waals surface area contributed by atoms with E-state index in [4.69, 9.17) is 17.3 Å². The maximum atomic E-state index is 13.6. The molecule has 2 rings (SSSR count). The van der Waals surface area contributed by atoms with Gasteiger partial charge in [0.05, 0.1) is 5.69 Å². The smallest absolute Gasteiger partial charge is 0.161 e. The normalized spacial score (nSPS) is 10.3. The molecule has 0 bridgehead atoms. The zero-order valence-electron chi connectivity index (χ0n) is 10.2. The number of nitrogens with one attached hydrogen (secondary N) is 1. The highest BCUT2D eigenvalue weighted by Gasteiger charge is 2.08. The first-order valence-electron chi connectivity index (χ1n) is 5.60. The number of hydrogen-bond donors (Lipinski definition) is 2. The van der Waals surface area contributed by atoms with Gasteiger partial charge in [-0.2, -0.15) is 0 Å². The van der Waals surface area contributed by atoms with Gasteiger partial charge in [-0.1, -0.05) is 11.6 Å². The first-order chi connectivity index (χ1) is 8.97. The molecule has 5 heteroatoms. The van der Waals surface area contributed by atoms with Crippen LogP contribution in [0.3, 0.4) is 0 Å². The van der Waals surface area contributed by atoms with E-state index < -0.39 is 5.82 Å². The summed E-state index contributed by atoms with van der Waals surface area (Å²) >= 11 is 5.81. The molecular formula is C14H12ClFN2O. The van der Waals surface area contributed by atoms with E-state index in [9.17, 15) is 9.18 Å². The van der Waals surface area contributed by atoms with E-state index in [1.807, 2.05) is 0 Å². The Morgan fingerprint density at radius 2 is 2.00 bits per heavy atom. The molecule has 0 aliphatic rings. The van der Waals surface area contributed by atoms with Gasteiger partial charge in [-0.25, -0.2) is 4.39 Å². The molecule has 0 aliphatic heterocycles. The van der Waals surface area contributed by atoms with E-state index >= 15 is 0 Å². The van der Waals surface area contributed by atoms with Crippen LogP contribution in [-0.2, 0) is 0 Å². The van der Waals surface area contributed by atoms with Crippen molar-refractivity contribution in [3.05, 3.63) is 52.8 Å².